The van der Waals surface area contributed by atoms with Crippen LogP contribution in [-0.2, 0) is 17.7 Å². The summed E-state index contributed by atoms with van der Waals surface area (Å²) in [5.41, 5.74) is -0.0204. The second-order valence-electron chi connectivity index (χ2n) is 5.82. The molecule has 0 unspecified atom stereocenters. The number of halogens is 3. The van der Waals surface area contributed by atoms with Crippen LogP contribution in [0.3, 0.4) is 0 Å². The van der Waals surface area contributed by atoms with Gasteiger partial charge in [-0.3, -0.25) is 0 Å². The van der Waals surface area contributed by atoms with E-state index >= 15 is 0 Å². The minimum Gasteiger partial charge on any atom is -0.444 e. The van der Waals surface area contributed by atoms with E-state index in [1.807, 2.05) is 0 Å². The first-order valence-corrected chi connectivity index (χ1v) is 7.17. The number of fused-ring (bicyclic) bond motifs is 1. The molecule has 0 N–H and O–H groups in total. The third-order valence-electron chi connectivity index (χ3n) is 2.86. The molecule has 112 valence electrons. The van der Waals surface area contributed by atoms with Crippen molar-refractivity contribution in [2.24, 2.45) is 0 Å². The van der Waals surface area contributed by atoms with Gasteiger partial charge in [0.2, 0.25) is 0 Å². The molecular formula is C12H16BF3NO2S-. The minimum absolute atomic E-state index is 0.187. The fraction of sp³-hybridized carbons (Fsp3) is 0.583. The zero-order chi connectivity index (χ0) is 15.1. The number of amides is 1. The molecule has 0 bridgehead atoms. The normalized spacial score (nSPS) is 16.0. The monoisotopic (exact) mass is 306 g/mol. The van der Waals surface area contributed by atoms with E-state index < -0.39 is 23.4 Å². The predicted octanol–water partition coefficient (Wildman–Crippen LogP) is 3.10. The standard InChI is InChI=1S/C12H16BF3NO2S/c1-12(2,3)19-11(18)17-5-4-9-8(7-17)6-10(20-9)13(14,15)16/h6H,4-5,7H2,1-3H3/q-1. The Balaban J connectivity index is 2.11. The summed E-state index contributed by atoms with van der Waals surface area (Å²) < 4.78 is 42.9. The minimum atomic E-state index is -4.96. The Morgan fingerprint density at radius 1 is 1.40 bits per heavy atom. The van der Waals surface area contributed by atoms with Crippen molar-refractivity contribution < 1.29 is 22.5 Å². The van der Waals surface area contributed by atoms with Crippen LogP contribution in [0, 0.1) is 0 Å². The molecule has 20 heavy (non-hydrogen) atoms. The lowest BCUT2D eigenvalue weighted by Gasteiger charge is -2.30. The van der Waals surface area contributed by atoms with Crippen molar-refractivity contribution >= 4 is 29.2 Å². The lowest BCUT2D eigenvalue weighted by molar-refractivity contribution is 0.0225. The van der Waals surface area contributed by atoms with Crippen LogP contribution in [0.2, 0.25) is 0 Å². The van der Waals surface area contributed by atoms with Gasteiger partial charge in [0.1, 0.15) is 5.60 Å². The molecule has 1 aromatic heterocycles. The Labute approximate surface area is 119 Å². The van der Waals surface area contributed by atoms with E-state index in [-0.39, 0.29) is 6.54 Å². The maximum Gasteiger partial charge on any atom is 0.519 e. The molecule has 0 saturated heterocycles. The zero-order valence-electron chi connectivity index (χ0n) is 11.6. The fourth-order valence-electron chi connectivity index (χ4n) is 2.00. The average Bonchev–Trinajstić information content (AvgIpc) is 2.68. The second kappa shape index (κ2) is 4.98. The van der Waals surface area contributed by atoms with Gasteiger partial charge in [0.25, 0.3) is 0 Å². The Morgan fingerprint density at radius 2 is 2.05 bits per heavy atom. The van der Waals surface area contributed by atoms with Gasteiger partial charge in [-0.05, 0) is 32.8 Å². The number of ether oxygens (including phenoxy) is 1. The summed E-state index contributed by atoms with van der Waals surface area (Å²) in [6.07, 6.45) is -0.0285. The molecule has 0 spiro atoms. The first kappa shape index (κ1) is 15.2. The summed E-state index contributed by atoms with van der Waals surface area (Å²) >= 11 is 0.793. The molecule has 1 aliphatic rings. The van der Waals surface area contributed by atoms with Crippen molar-refractivity contribution in [2.45, 2.75) is 39.3 Å². The number of carbonyl (C=O) groups excluding carboxylic acids is 1. The highest BCUT2D eigenvalue weighted by molar-refractivity contribution is 7.24. The maximum absolute atomic E-state index is 12.7. The largest absolute Gasteiger partial charge is 0.519 e. The van der Waals surface area contributed by atoms with Crippen LogP contribution in [0.1, 0.15) is 31.2 Å². The molecular weight excluding hydrogens is 290 g/mol. The summed E-state index contributed by atoms with van der Waals surface area (Å²) in [6, 6.07) is 1.16. The van der Waals surface area contributed by atoms with Crippen molar-refractivity contribution in [3.05, 3.63) is 16.5 Å². The van der Waals surface area contributed by atoms with Gasteiger partial charge < -0.3 is 22.6 Å². The van der Waals surface area contributed by atoms with Gasteiger partial charge in [0, 0.05) is 18.0 Å². The van der Waals surface area contributed by atoms with Crippen LogP contribution < -0.4 is 4.78 Å². The van der Waals surface area contributed by atoms with E-state index in [1.165, 1.54) is 4.90 Å². The van der Waals surface area contributed by atoms with E-state index in [0.29, 0.717) is 18.5 Å². The van der Waals surface area contributed by atoms with Crippen molar-refractivity contribution in [2.75, 3.05) is 6.54 Å². The van der Waals surface area contributed by atoms with Gasteiger partial charge in [-0.1, -0.05) is 10.8 Å². The number of thiophene rings is 1. The molecule has 0 saturated carbocycles. The van der Waals surface area contributed by atoms with Gasteiger partial charge in [-0.15, -0.1) is 0 Å². The fourth-order valence-corrected chi connectivity index (χ4v) is 3.07. The summed E-state index contributed by atoms with van der Waals surface area (Å²) in [5.74, 6) is 0. The molecule has 0 aromatic carbocycles. The first-order valence-electron chi connectivity index (χ1n) is 6.35. The second-order valence-corrected chi connectivity index (χ2v) is 6.99. The quantitative estimate of drug-likeness (QED) is 0.746. The number of nitrogens with zero attached hydrogens (tertiary/aromatic N) is 1. The number of carbonyl (C=O) groups is 1. The van der Waals surface area contributed by atoms with Crippen molar-refractivity contribution in [3.8, 4) is 0 Å². The maximum atomic E-state index is 12.7. The van der Waals surface area contributed by atoms with Crippen LogP contribution >= 0.6 is 11.3 Å². The lowest BCUT2D eigenvalue weighted by Crippen LogP contribution is -2.39. The Hall–Kier alpha value is -1.18. The van der Waals surface area contributed by atoms with Gasteiger partial charge >= 0.3 is 13.1 Å². The van der Waals surface area contributed by atoms with E-state index in [1.54, 1.807) is 20.8 Å². The smallest absolute Gasteiger partial charge is 0.444 e. The molecule has 3 nitrogen and oxygen atoms in total. The molecule has 0 radical (unpaired) electrons. The summed E-state index contributed by atoms with van der Waals surface area (Å²) in [6.45, 7) is 0.895. The van der Waals surface area contributed by atoms with E-state index in [4.69, 9.17) is 4.74 Å². The lowest BCUT2D eigenvalue weighted by atomic mass is 9.88. The van der Waals surface area contributed by atoms with E-state index in [9.17, 15) is 17.7 Å². The molecule has 1 aliphatic heterocycles. The molecule has 1 aromatic rings. The Bertz CT molecular complexity index is 522. The van der Waals surface area contributed by atoms with Crippen LogP contribution in [0.5, 0.6) is 0 Å². The van der Waals surface area contributed by atoms with E-state index in [2.05, 4.69) is 0 Å². The van der Waals surface area contributed by atoms with Crippen LogP contribution in [0.4, 0.5) is 17.7 Å². The van der Waals surface area contributed by atoms with Gasteiger partial charge in [-0.25, -0.2) is 4.79 Å². The zero-order valence-corrected chi connectivity index (χ0v) is 12.4. The summed E-state index contributed by atoms with van der Waals surface area (Å²) in [7, 11) is 0. The molecule has 0 fully saturated rings. The first-order chi connectivity index (χ1) is 9.06. The van der Waals surface area contributed by atoms with Gasteiger partial charge in [0.15, 0.2) is 0 Å². The number of hydrogen-bond acceptors (Lipinski definition) is 3. The predicted molar refractivity (Wildman–Crippen MR) is 73.4 cm³/mol. The molecule has 2 rings (SSSR count). The highest BCUT2D eigenvalue weighted by Gasteiger charge is 2.32. The molecule has 0 atom stereocenters. The highest BCUT2D eigenvalue weighted by atomic mass is 32.1. The third-order valence-corrected chi connectivity index (χ3v) is 4.19. The number of rotatable bonds is 1. The summed E-state index contributed by atoms with van der Waals surface area (Å²) in [5, 5.41) is 0. The Morgan fingerprint density at radius 3 is 2.60 bits per heavy atom. The van der Waals surface area contributed by atoms with Crippen molar-refractivity contribution in [3.63, 3.8) is 0 Å². The molecule has 2 heterocycles. The Kier molecular flexibility index (Phi) is 3.79. The molecule has 8 heteroatoms. The van der Waals surface area contributed by atoms with Crippen LogP contribution in [0.15, 0.2) is 6.07 Å². The molecule has 0 aliphatic carbocycles. The number of hydrogen-bond donors (Lipinski definition) is 0. The van der Waals surface area contributed by atoms with Crippen LogP contribution in [0.25, 0.3) is 0 Å². The SMILES string of the molecule is CC(C)(C)OC(=O)N1CCc2sc([B-](F)(F)F)cc2C1. The van der Waals surface area contributed by atoms with Crippen molar-refractivity contribution in [1.29, 1.82) is 0 Å². The van der Waals surface area contributed by atoms with Crippen molar-refractivity contribution in [1.82, 2.24) is 4.90 Å². The topological polar surface area (TPSA) is 29.5 Å². The highest BCUT2D eigenvalue weighted by Crippen LogP contribution is 2.27. The average molecular weight is 306 g/mol. The van der Waals surface area contributed by atoms with E-state index in [0.717, 1.165) is 22.3 Å². The van der Waals surface area contributed by atoms with Gasteiger partial charge in [-0.2, -0.15) is 11.3 Å². The van der Waals surface area contributed by atoms with Crippen LogP contribution in [-0.4, -0.2) is 30.1 Å². The summed E-state index contributed by atoms with van der Waals surface area (Å²) in [4.78, 5) is 14.1. The third kappa shape index (κ3) is 3.47. The van der Waals surface area contributed by atoms with Gasteiger partial charge in [0.05, 0.1) is 0 Å². The molecule has 1 amide bonds.